The highest BCUT2D eigenvalue weighted by molar-refractivity contribution is 4.49. The molecule has 0 spiro atoms. The molecule has 0 saturated heterocycles. The van der Waals surface area contributed by atoms with E-state index in [2.05, 4.69) is 25.9 Å². The lowest BCUT2D eigenvalue weighted by atomic mass is 10.1. The Morgan fingerprint density at radius 1 is 0.545 bits per heavy atom. The van der Waals surface area contributed by atoms with Gasteiger partial charge in [0, 0.05) is 13.2 Å². The largest absolute Gasteiger partial charge is 0.381 e. The molecule has 2 heteroatoms. The van der Waals surface area contributed by atoms with Crippen molar-refractivity contribution in [3.05, 3.63) is 0 Å². The monoisotopic (exact) mass is 313 g/mol. The van der Waals surface area contributed by atoms with Gasteiger partial charge in [0.2, 0.25) is 0 Å². The fourth-order valence-corrected chi connectivity index (χ4v) is 2.78. The van der Waals surface area contributed by atoms with Crippen molar-refractivity contribution in [1.29, 1.82) is 0 Å². The first kappa shape index (κ1) is 21.9. The molecule has 0 aliphatic heterocycles. The number of unbranched alkanes of at least 4 members (excludes halogenated alkanes) is 12. The van der Waals surface area contributed by atoms with Crippen LogP contribution in [-0.4, -0.2) is 38.8 Å². The van der Waals surface area contributed by atoms with E-state index in [1.54, 1.807) is 0 Å². The van der Waals surface area contributed by atoms with Gasteiger partial charge in [-0.1, -0.05) is 77.6 Å². The van der Waals surface area contributed by atoms with Crippen molar-refractivity contribution in [1.82, 2.24) is 4.90 Å². The molecule has 0 N–H and O–H groups in total. The lowest BCUT2D eigenvalue weighted by Crippen LogP contribution is -2.13. The van der Waals surface area contributed by atoms with E-state index in [-0.39, 0.29) is 0 Å². The Kier molecular flexibility index (Phi) is 18.9. The molecule has 0 aliphatic rings. The summed E-state index contributed by atoms with van der Waals surface area (Å²) in [6, 6.07) is 0. The van der Waals surface area contributed by atoms with Crippen molar-refractivity contribution in [2.24, 2.45) is 0 Å². The first-order chi connectivity index (χ1) is 10.8. The summed E-state index contributed by atoms with van der Waals surface area (Å²) in [5.74, 6) is 0. The second kappa shape index (κ2) is 19.0. The number of ether oxygens (including phenoxy) is 1. The van der Waals surface area contributed by atoms with Crippen LogP contribution in [0.2, 0.25) is 0 Å². The van der Waals surface area contributed by atoms with E-state index in [0.29, 0.717) is 0 Å². The van der Waals surface area contributed by atoms with Crippen LogP contribution < -0.4 is 0 Å². The van der Waals surface area contributed by atoms with Gasteiger partial charge in [0.05, 0.1) is 0 Å². The zero-order valence-corrected chi connectivity index (χ0v) is 15.9. The Morgan fingerprint density at radius 3 is 1.41 bits per heavy atom. The minimum absolute atomic E-state index is 0.950. The first-order valence-electron chi connectivity index (χ1n) is 10.00. The third-order valence-corrected chi connectivity index (χ3v) is 4.29. The van der Waals surface area contributed by atoms with Crippen molar-refractivity contribution >= 4 is 0 Å². The van der Waals surface area contributed by atoms with Gasteiger partial charge in [-0.25, -0.2) is 0 Å². The number of rotatable bonds is 18. The van der Waals surface area contributed by atoms with Gasteiger partial charge >= 0.3 is 0 Å². The summed E-state index contributed by atoms with van der Waals surface area (Å²) in [7, 11) is 4.26. The van der Waals surface area contributed by atoms with Crippen molar-refractivity contribution in [3.63, 3.8) is 0 Å². The molecule has 0 aromatic carbocycles. The molecular weight excluding hydrogens is 270 g/mol. The summed E-state index contributed by atoms with van der Waals surface area (Å²) in [4.78, 5) is 2.24. The van der Waals surface area contributed by atoms with Gasteiger partial charge in [0.15, 0.2) is 0 Å². The zero-order valence-electron chi connectivity index (χ0n) is 15.9. The Morgan fingerprint density at radius 2 is 0.955 bits per heavy atom. The van der Waals surface area contributed by atoms with Crippen molar-refractivity contribution in [2.45, 2.75) is 96.8 Å². The molecule has 22 heavy (non-hydrogen) atoms. The highest BCUT2D eigenvalue weighted by Crippen LogP contribution is 2.11. The molecule has 0 aliphatic carbocycles. The fourth-order valence-electron chi connectivity index (χ4n) is 2.78. The zero-order chi connectivity index (χ0) is 16.3. The van der Waals surface area contributed by atoms with Crippen molar-refractivity contribution in [3.8, 4) is 0 Å². The molecule has 0 atom stereocenters. The molecule has 0 amide bonds. The van der Waals surface area contributed by atoms with E-state index in [4.69, 9.17) is 4.74 Å². The lowest BCUT2D eigenvalue weighted by molar-refractivity contribution is 0.124. The predicted molar refractivity (Wildman–Crippen MR) is 99.7 cm³/mol. The van der Waals surface area contributed by atoms with Crippen LogP contribution >= 0.6 is 0 Å². The van der Waals surface area contributed by atoms with Gasteiger partial charge in [-0.3, -0.25) is 0 Å². The van der Waals surface area contributed by atoms with E-state index in [0.717, 1.165) is 13.2 Å². The van der Waals surface area contributed by atoms with Crippen LogP contribution in [0.1, 0.15) is 96.8 Å². The SMILES string of the molecule is CCCCCCCCCCCCCCOCCCCN(C)C. The second-order valence-corrected chi connectivity index (χ2v) is 7.01. The topological polar surface area (TPSA) is 12.5 Å². The third-order valence-electron chi connectivity index (χ3n) is 4.29. The van der Waals surface area contributed by atoms with Crippen LogP contribution in [0.3, 0.4) is 0 Å². The summed E-state index contributed by atoms with van der Waals surface area (Å²) in [6.07, 6.45) is 19.4. The number of hydrogen-bond acceptors (Lipinski definition) is 2. The lowest BCUT2D eigenvalue weighted by Gasteiger charge is -2.09. The average molecular weight is 314 g/mol. The van der Waals surface area contributed by atoms with Gasteiger partial charge in [0.25, 0.3) is 0 Å². The summed E-state index contributed by atoms with van der Waals surface area (Å²) < 4.78 is 5.69. The molecule has 134 valence electrons. The maximum Gasteiger partial charge on any atom is 0.0466 e. The predicted octanol–water partition coefficient (Wildman–Crippen LogP) is 6.05. The standard InChI is InChI=1S/C20H43NO/c1-4-5-6-7-8-9-10-11-12-13-14-16-19-22-20-17-15-18-21(2)3/h4-20H2,1-3H3. The van der Waals surface area contributed by atoms with Gasteiger partial charge < -0.3 is 9.64 Å². The molecule has 0 aromatic rings. The van der Waals surface area contributed by atoms with E-state index in [1.165, 1.54) is 96.4 Å². The molecule has 0 fully saturated rings. The van der Waals surface area contributed by atoms with E-state index in [9.17, 15) is 0 Å². The summed E-state index contributed by atoms with van der Waals surface area (Å²) in [5, 5.41) is 0. The number of hydrogen-bond donors (Lipinski definition) is 0. The van der Waals surface area contributed by atoms with Crippen LogP contribution in [0.4, 0.5) is 0 Å². The molecule has 0 heterocycles. The Bertz CT molecular complexity index is 194. The molecule has 0 aromatic heterocycles. The minimum Gasteiger partial charge on any atom is -0.381 e. The van der Waals surface area contributed by atoms with Crippen LogP contribution in [0.15, 0.2) is 0 Å². The van der Waals surface area contributed by atoms with Gasteiger partial charge in [0.1, 0.15) is 0 Å². The molecular formula is C20H43NO. The normalized spacial score (nSPS) is 11.5. The van der Waals surface area contributed by atoms with Crippen LogP contribution in [0.25, 0.3) is 0 Å². The van der Waals surface area contributed by atoms with Crippen LogP contribution in [0, 0.1) is 0 Å². The summed E-state index contributed by atoms with van der Waals surface area (Å²) in [6.45, 7) is 5.39. The third kappa shape index (κ3) is 19.9. The Hall–Kier alpha value is -0.0800. The maximum absolute atomic E-state index is 5.69. The Balaban J connectivity index is 2.94. The molecule has 2 nitrogen and oxygen atoms in total. The fraction of sp³-hybridized carbons (Fsp3) is 1.00. The first-order valence-corrected chi connectivity index (χ1v) is 10.00. The van der Waals surface area contributed by atoms with E-state index < -0.39 is 0 Å². The van der Waals surface area contributed by atoms with E-state index in [1.807, 2.05) is 0 Å². The molecule has 0 unspecified atom stereocenters. The molecule has 0 bridgehead atoms. The van der Waals surface area contributed by atoms with E-state index >= 15 is 0 Å². The minimum atomic E-state index is 0.950. The summed E-state index contributed by atoms with van der Waals surface area (Å²) >= 11 is 0. The highest BCUT2D eigenvalue weighted by Gasteiger charge is 1.95. The molecule has 0 radical (unpaired) electrons. The van der Waals surface area contributed by atoms with Gasteiger partial charge in [-0.15, -0.1) is 0 Å². The average Bonchev–Trinajstić information content (AvgIpc) is 2.50. The quantitative estimate of drug-likeness (QED) is 0.286. The van der Waals surface area contributed by atoms with Crippen LogP contribution in [-0.2, 0) is 4.74 Å². The Labute approximate surface area is 141 Å². The number of nitrogens with zero attached hydrogens (tertiary/aromatic N) is 1. The highest BCUT2D eigenvalue weighted by atomic mass is 16.5. The molecule has 0 saturated carbocycles. The van der Waals surface area contributed by atoms with Crippen molar-refractivity contribution < 1.29 is 4.74 Å². The maximum atomic E-state index is 5.69. The van der Waals surface area contributed by atoms with Crippen molar-refractivity contribution in [2.75, 3.05) is 33.9 Å². The van der Waals surface area contributed by atoms with Gasteiger partial charge in [-0.2, -0.15) is 0 Å². The summed E-state index contributed by atoms with van der Waals surface area (Å²) in [5.41, 5.74) is 0. The van der Waals surface area contributed by atoms with Gasteiger partial charge in [-0.05, 0) is 39.9 Å². The molecule has 0 rings (SSSR count). The van der Waals surface area contributed by atoms with Crippen LogP contribution in [0.5, 0.6) is 0 Å². The smallest absolute Gasteiger partial charge is 0.0466 e. The second-order valence-electron chi connectivity index (χ2n) is 7.01.